The van der Waals surface area contributed by atoms with Crippen LogP contribution in [0.5, 0.6) is 0 Å². The van der Waals surface area contributed by atoms with Gasteiger partial charge in [-0.05, 0) is 55.8 Å². The lowest BCUT2D eigenvalue weighted by Crippen LogP contribution is -2.36. The van der Waals surface area contributed by atoms with Gasteiger partial charge in [0, 0.05) is 22.6 Å². The van der Waals surface area contributed by atoms with E-state index in [-0.39, 0.29) is 11.7 Å². The summed E-state index contributed by atoms with van der Waals surface area (Å²) in [5.74, 6) is 4.02. The first-order chi connectivity index (χ1) is 12.4. The number of piperidine rings is 1. The molecule has 2 heterocycles. The van der Waals surface area contributed by atoms with E-state index in [0.717, 1.165) is 37.9 Å². The van der Waals surface area contributed by atoms with Crippen molar-refractivity contribution in [3.63, 3.8) is 0 Å². The largest absolute Gasteiger partial charge is 0.337 e. The summed E-state index contributed by atoms with van der Waals surface area (Å²) in [6, 6.07) is 10.7. The minimum atomic E-state index is -2.66. The van der Waals surface area contributed by atoms with Crippen molar-refractivity contribution in [1.82, 2.24) is 9.88 Å². The predicted octanol–water partition coefficient (Wildman–Crippen LogP) is 3.95. The molecular weight excluding hydrogens is 368 g/mol. The van der Waals surface area contributed by atoms with E-state index in [9.17, 15) is 9.00 Å². The first-order valence-electron chi connectivity index (χ1n) is 8.74. The molecule has 1 aliphatic heterocycles. The predicted molar refractivity (Wildman–Crippen MR) is 107 cm³/mol. The number of pyridine rings is 1. The summed E-state index contributed by atoms with van der Waals surface area (Å²) in [7, 11) is -2.66. The van der Waals surface area contributed by atoms with E-state index < -0.39 is 9.52 Å². The van der Waals surface area contributed by atoms with Gasteiger partial charge >= 0.3 is 0 Å². The van der Waals surface area contributed by atoms with Crippen molar-refractivity contribution in [3.8, 4) is 0 Å². The number of likely N-dealkylation sites (tertiary alicyclic amines) is 1. The fourth-order valence-corrected chi connectivity index (χ4v) is 5.84. The van der Waals surface area contributed by atoms with Crippen molar-refractivity contribution in [2.75, 3.05) is 13.1 Å². The van der Waals surface area contributed by atoms with E-state index in [1.54, 1.807) is 24.3 Å². The summed E-state index contributed by atoms with van der Waals surface area (Å²) in [6.07, 6.45) is 3.23. The SMILES string of the molecule is C=S(=O)(Cc1cccc(C(=O)N2CCCCC2)n1)c1c(C)cccc1Cl. The minimum Gasteiger partial charge on any atom is -0.337 e. The number of aromatic nitrogens is 1. The van der Waals surface area contributed by atoms with Crippen LogP contribution in [-0.2, 0) is 15.3 Å². The molecule has 1 aromatic carbocycles. The topological polar surface area (TPSA) is 50.3 Å². The van der Waals surface area contributed by atoms with Gasteiger partial charge in [0.2, 0.25) is 0 Å². The molecule has 3 rings (SSSR count). The number of aryl methyl sites for hydroxylation is 1. The Kier molecular flexibility index (Phi) is 5.68. The average Bonchev–Trinajstić information content (AvgIpc) is 2.61. The van der Waals surface area contributed by atoms with E-state index in [1.807, 2.05) is 24.0 Å². The molecule has 2 aromatic rings. The summed E-state index contributed by atoms with van der Waals surface area (Å²) in [4.78, 5) is 19.5. The van der Waals surface area contributed by atoms with E-state index in [1.165, 1.54) is 0 Å². The molecule has 6 heteroatoms. The van der Waals surface area contributed by atoms with Crippen molar-refractivity contribution in [2.45, 2.75) is 36.8 Å². The van der Waals surface area contributed by atoms with Crippen LogP contribution in [0.15, 0.2) is 41.3 Å². The van der Waals surface area contributed by atoms with Crippen LogP contribution in [0.4, 0.5) is 0 Å². The van der Waals surface area contributed by atoms with Crippen molar-refractivity contribution < 1.29 is 9.00 Å². The molecule has 1 aromatic heterocycles. The van der Waals surface area contributed by atoms with Gasteiger partial charge in [-0.25, -0.2) is 4.98 Å². The summed E-state index contributed by atoms with van der Waals surface area (Å²) in [5, 5.41) is 0.450. The number of benzene rings is 1. The van der Waals surface area contributed by atoms with Gasteiger partial charge in [0.25, 0.3) is 5.91 Å². The second kappa shape index (κ2) is 7.80. The van der Waals surface area contributed by atoms with Gasteiger partial charge in [-0.1, -0.05) is 29.8 Å². The Hall–Kier alpha value is -1.85. The zero-order valence-electron chi connectivity index (χ0n) is 14.9. The molecule has 0 spiro atoms. The number of amides is 1. The standard InChI is InChI=1S/C20H23ClN2O2S/c1-15-8-6-10-17(21)19(15)26(2,25)14-16-9-7-11-18(22-16)20(24)23-12-4-3-5-13-23/h6-11H,2-5,12-14H2,1H3. The van der Waals surface area contributed by atoms with Gasteiger partial charge in [0.05, 0.1) is 21.4 Å². The average molecular weight is 391 g/mol. The highest BCUT2D eigenvalue weighted by atomic mass is 35.5. The van der Waals surface area contributed by atoms with Crippen molar-refractivity contribution in [1.29, 1.82) is 0 Å². The third-order valence-corrected chi connectivity index (χ3v) is 7.06. The molecular formula is C20H23ClN2O2S. The number of rotatable bonds is 4. The summed E-state index contributed by atoms with van der Waals surface area (Å²) in [5.41, 5.74) is 1.83. The summed E-state index contributed by atoms with van der Waals surface area (Å²) >= 11 is 6.26. The number of hydrogen-bond acceptors (Lipinski definition) is 3. The number of halogens is 1. The van der Waals surface area contributed by atoms with Gasteiger partial charge in [0.15, 0.2) is 0 Å². The third-order valence-electron chi connectivity index (χ3n) is 4.59. The maximum Gasteiger partial charge on any atom is 0.272 e. The molecule has 1 unspecified atom stereocenters. The Morgan fingerprint density at radius 3 is 2.58 bits per heavy atom. The Balaban J connectivity index is 1.85. The smallest absolute Gasteiger partial charge is 0.272 e. The lowest BCUT2D eigenvalue weighted by atomic mass is 10.1. The van der Waals surface area contributed by atoms with Crippen LogP contribution in [0.1, 0.15) is 41.0 Å². The summed E-state index contributed by atoms with van der Waals surface area (Å²) < 4.78 is 13.3. The fraction of sp³-hybridized carbons (Fsp3) is 0.350. The van der Waals surface area contributed by atoms with E-state index in [4.69, 9.17) is 11.6 Å². The maximum atomic E-state index is 13.3. The Labute approximate surface area is 160 Å². The monoisotopic (exact) mass is 390 g/mol. The highest BCUT2D eigenvalue weighted by Crippen LogP contribution is 2.27. The lowest BCUT2D eigenvalue weighted by Gasteiger charge is -2.26. The van der Waals surface area contributed by atoms with Crippen LogP contribution in [0.3, 0.4) is 0 Å². The molecule has 0 aliphatic carbocycles. The van der Waals surface area contributed by atoms with Crippen LogP contribution < -0.4 is 0 Å². The molecule has 138 valence electrons. The first-order valence-corrected chi connectivity index (χ1v) is 11.0. The number of nitrogens with zero attached hydrogens (tertiary/aromatic N) is 2. The van der Waals surface area contributed by atoms with Crippen LogP contribution in [0.2, 0.25) is 5.02 Å². The van der Waals surface area contributed by atoms with Crippen LogP contribution in [0, 0.1) is 6.92 Å². The number of carbonyl (C=O) groups excluding carboxylic acids is 1. The van der Waals surface area contributed by atoms with Crippen molar-refractivity contribution in [3.05, 3.63) is 58.4 Å². The van der Waals surface area contributed by atoms with Crippen molar-refractivity contribution >= 4 is 32.9 Å². The molecule has 1 amide bonds. The normalized spacial score (nSPS) is 16.9. The Morgan fingerprint density at radius 1 is 1.19 bits per heavy atom. The fourth-order valence-electron chi connectivity index (χ4n) is 3.34. The van der Waals surface area contributed by atoms with Crippen LogP contribution >= 0.6 is 11.6 Å². The van der Waals surface area contributed by atoms with Crippen molar-refractivity contribution in [2.24, 2.45) is 0 Å². The molecule has 1 atom stereocenters. The maximum absolute atomic E-state index is 13.3. The second-order valence-corrected chi connectivity index (χ2v) is 9.44. The van der Waals surface area contributed by atoms with E-state index >= 15 is 0 Å². The van der Waals surface area contributed by atoms with Gasteiger partial charge in [0.1, 0.15) is 5.69 Å². The number of carbonyl (C=O) groups is 1. The molecule has 1 saturated heterocycles. The molecule has 0 saturated carbocycles. The van der Waals surface area contributed by atoms with E-state index in [2.05, 4.69) is 10.9 Å². The van der Waals surface area contributed by atoms with E-state index in [0.29, 0.717) is 21.3 Å². The molecule has 0 bridgehead atoms. The lowest BCUT2D eigenvalue weighted by molar-refractivity contribution is 0.0718. The van der Waals surface area contributed by atoms with Gasteiger partial charge in [-0.3, -0.25) is 9.00 Å². The zero-order chi connectivity index (χ0) is 18.7. The highest BCUT2D eigenvalue weighted by molar-refractivity contribution is 7.99. The van der Waals surface area contributed by atoms with Gasteiger partial charge < -0.3 is 4.90 Å². The minimum absolute atomic E-state index is 0.0592. The molecule has 4 nitrogen and oxygen atoms in total. The Morgan fingerprint density at radius 2 is 1.88 bits per heavy atom. The molecule has 1 fully saturated rings. The quantitative estimate of drug-likeness (QED) is 0.743. The van der Waals surface area contributed by atoms with Gasteiger partial charge in [-0.2, -0.15) is 0 Å². The summed E-state index contributed by atoms with van der Waals surface area (Å²) in [6.45, 7) is 3.42. The third kappa shape index (κ3) is 4.10. The van der Waals surface area contributed by atoms with Crippen LogP contribution in [0.25, 0.3) is 0 Å². The first kappa shape index (κ1) is 18.9. The molecule has 1 aliphatic rings. The number of hydrogen-bond donors (Lipinski definition) is 0. The molecule has 0 radical (unpaired) electrons. The zero-order valence-corrected chi connectivity index (χ0v) is 16.5. The highest BCUT2D eigenvalue weighted by Gasteiger charge is 2.21. The van der Waals surface area contributed by atoms with Crippen LogP contribution in [-0.4, -0.2) is 39.0 Å². The van der Waals surface area contributed by atoms with Gasteiger partial charge in [-0.15, -0.1) is 0 Å². The second-order valence-electron chi connectivity index (χ2n) is 6.71. The molecule has 0 N–H and O–H groups in total. The Bertz CT molecular complexity index is 899. The molecule has 26 heavy (non-hydrogen) atoms.